The van der Waals surface area contributed by atoms with Crippen LogP contribution >= 0.6 is 0 Å². The van der Waals surface area contributed by atoms with Crippen molar-refractivity contribution < 1.29 is 19.5 Å². The summed E-state index contributed by atoms with van der Waals surface area (Å²) in [7, 11) is 0. The maximum atomic E-state index is 11.7. The van der Waals surface area contributed by atoms with Crippen LogP contribution in [0.3, 0.4) is 0 Å². The van der Waals surface area contributed by atoms with Gasteiger partial charge in [0.15, 0.2) is 0 Å². The topological polar surface area (TPSA) is 98.7 Å². The molecule has 0 spiro atoms. The van der Waals surface area contributed by atoms with Crippen LogP contribution in [0.5, 0.6) is 0 Å². The van der Waals surface area contributed by atoms with Crippen LogP contribution < -0.4 is 10.6 Å². The molecule has 96 valence electrons. The van der Waals surface area contributed by atoms with Crippen LogP contribution in [0.1, 0.15) is 20.8 Å². The summed E-state index contributed by atoms with van der Waals surface area (Å²) in [6.45, 7) is 4.23. The molecular weight excluding hydrogens is 226 g/mol. The van der Waals surface area contributed by atoms with Gasteiger partial charge in [-0.05, 0) is 20.8 Å². The van der Waals surface area contributed by atoms with Crippen LogP contribution in [0.2, 0.25) is 0 Å². The standard InChI is InChI=1S/C10H17N3O4/c1-6(5-14)11-7(15)4-13-8(16)10(2,3)12-9(13)17/h6,14H,4-5H2,1-3H3,(H,11,15)(H,12,17). The summed E-state index contributed by atoms with van der Waals surface area (Å²) in [6.07, 6.45) is 0. The van der Waals surface area contributed by atoms with Crippen LogP contribution in [0, 0.1) is 0 Å². The van der Waals surface area contributed by atoms with Crippen LogP contribution in [0.25, 0.3) is 0 Å². The highest BCUT2D eigenvalue weighted by molar-refractivity contribution is 6.08. The maximum absolute atomic E-state index is 11.7. The molecule has 1 aliphatic heterocycles. The van der Waals surface area contributed by atoms with E-state index in [-0.39, 0.29) is 13.2 Å². The Bertz CT molecular complexity index is 353. The van der Waals surface area contributed by atoms with Gasteiger partial charge in [-0.1, -0.05) is 0 Å². The van der Waals surface area contributed by atoms with E-state index in [1.807, 2.05) is 0 Å². The predicted octanol–water partition coefficient (Wildman–Crippen LogP) is -1.19. The van der Waals surface area contributed by atoms with Gasteiger partial charge in [-0.2, -0.15) is 0 Å². The number of hydrogen-bond donors (Lipinski definition) is 3. The lowest BCUT2D eigenvalue weighted by Gasteiger charge is -2.17. The Hall–Kier alpha value is -1.63. The molecule has 1 aliphatic rings. The van der Waals surface area contributed by atoms with Crippen molar-refractivity contribution in [3.8, 4) is 0 Å². The van der Waals surface area contributed by atoms with Gasteiger partial charge in [0.05, 0.1) is 6.61 Å². The maximum Gasteiger partial charge on any atom is 0.325 e. The molecule has 3 N–H and O–H groups in total. The Morgan fingerprint density at radius 1 is 1.53 bits per heavy atom. The first-order valence-electron chi connectivity index (χ1n) is 5.32. The van der Waals surface area contributed by atoms with E-state index < -0.39 is 29.4 Å². The molecule has 4 amide bonds. The minimum absolute atomic E-state index is 0.197. The highest BCUT2D eigenvalue weighted by Crippen LogP contribution is 2.15. The molecule has 0 radical (unpaired) electrons. The molecule has 17 heavy (non-hydrogen) atoms. The molecule has 0 aromatic carbocycles. The van der Waals surface area contributed by atoms with E-state index in [1.165, 1.54) is 0 Å². The van der Waals surface area contributed by atoms with E-state index in [9.17, 15) is 14.4 Å². The number of amides is 4. The van der Waals surface area contributed by atoms with Crippen molar-refractivity contribution in [2.24, 2.45) is 0 Å². The molecule has 0 aliphatic carbocycles. The van der Waals surface area contributed by atoms with Gasteiger partial charge in [0.25, 0.3) is 5.91 Å². The molecule has 1 saturated heterocycles. The van der Waals surface area contributed by atoms with Gasteiger partial charge >= 0.3 is 6.03 Å². The number of nitrogens with zero attached hydrogens (tertiary/aromatic N) is 1. The molecule has 0 bridgehead atoms. The fourth-order valence-electron chi connectivity index (χ4n) is 1.47. The summed E-state index contributed by atoms with van der Waals surface area (Å²) in [5, 5.41) is 13.7. The highest BCUT2D eigenvalue weighted by atomic mass is 16.3. The molecule has 1 unspecified atom stereocenters. The largest absolute Gasteiger partial charge is 0.394 e. The Balaban J connectivity index is 2.61. The van der Waals surface area contributed by atoms with Crippen molar-refractivity contribution >= 4 is 17.8 Å². The molecule has 1 heterocycles. The lowest BCUT2D eigenvalue weighted by Crippen LogP contribution is -2.45. The van der Waals surface area contributed by atoms with E-state index in [1.54, 1.807) is 20.8 Å². The average molecular weight is 243 g/mol. The molecule has 0 aromatic heterocycles. The number of imide groups is 1. The lowest BCUT2D eigenvalue weighted by molar-refractivity contribution is -0.134. The lowest BCUT2D eigenvalue weighted by atomic mass is 10.1. The van der Waals surface area contributed by atoms with Crippen molar-refractivity contribution in [1.29, 1.82) is 0 Å². The second kappa shape index (κ2) is 4.70. The van der Waals surface area contributed by atoms with Gasteiger partial charge in [-0.15, -0.1) is 0 Å². The predicted molar refractivity (Wildman–Crippen MR) is 59.0 cm³/mol. The Morgan fingerprint density at radius 3 is 2.53 bits per heavy atom. The van der Waals surface area contributed by atoms with Gasteiger partial charge < -0.3 is 15.7 Å². The van der Waals surface area contributed by atoms with E-state index in [0.717, 1.165) is 4.90 Å². The summed E-state index contributed by atoms with van der Waals surface area (Å²) >= 11 is 0. The highest BCUT2D eigenvalue weighted by Gasteiger charge is 2.44. The second-order valence-electron chi connectivity index (χ2n) is 4.60. The van der Waals surface area contributed by atoms with Crippen LogP contribution in [-0.4, -0.2) is 52.6 Å². The number of rotatable bonds is 4. The molecule has 0 saturated carbocycles. The Kier molecular flexibility index (Phi) is 3.72. The van der Waals surface area contributed by atoms with E-state index in [4.69, 9.17) is 5.11 Å². The molecule has 1 rings (SSSR count). The van der Waals surface area contributed by atoms with Gasteiger partial charge in [-0.25, -0.2) is 4.79 Å². The third-order valence-corrected chi connectivity index (χ3v) is 2.43. The van der Waals surface area contributed by atoms with E-state index in [2.05, 4.69) is 10.6 Å². The number of aliphatic hydroxyl groups is 1. The molecule has 1 fully saturated rings. The van der Waals surface area contributed by atoms with Crippen LogP contribution in [0.4, 0.5) is 4.79 Å². The fourth-order valence-corrected chi connectivity index (χ4v) is 1.47. The van der Waals surface area contributed by atoms with Crippen molar-refractivity contribution in [1.82, 2.24) is 15.5 Å². The average Bonchev–Trinajstić information content (AvgIpc) is 2.40. The summed E-state index contributed by atoms with van der Waals surface area (Å²) in [5.41, 5.74) is -0.972. The monoisotopic (exact) mass is 243 g/mol. The zero-order valence-corrected chi connectivity index (χ0v) is 10.1. The minimum Gasteiger partial charge on any atom is -0.394 e. The summed E-state index contributed by atoms with van der Waals surface area (Å²) in [6, 6.07) is -0.983. The molecule has 7 nitrogen and oxygen atoms in total. The molecule has 1 atom stereocenters. The Morgan fingerprint density at radius 2 is 2.12 bits per heavy atom. The first-order valence-corrected chi connectivity index (χ1v) is 5.32. The first kappa shape index (κ1) is 13.4. The third-order valence-electron chi connectivity index (χ3n) is 2.43. The van der Waals surface area contributed by atoms with E-state index >= 15 is 0 Å². The van der Waals surface area contributed by atoms with Crippen molar-refractivity contribution in [2.45, 2.75) is 32.4 Å². The molecule has 7 heteroatoms. The number of urea groups is 1. The van der Waals surface area contributed by atoms with Crippen molar-refractivity contribution in [2.75, 3.05) is 13.2 Å². The number of hydrogen-bond acceptors (Lipinski definition) is 4. The number of carbonyl (C=O) groups is 3. The van der Waals surface area contributed by atoms with Gasteiger partial charge in [-0.3, -0.25) is 14.5 Å². The van der Waals surface area contributed by atoms with Gasteiger partial charge in [0.2, 0.25) is 5.91 Å². The van der Waals surface area contributed by atoms with Crippen molar-refractivity contribution in [3.63, 3.8) is 0 Å². The van der Waals surface area contributed by atoms with E-state index in [0.29, 0.717) is 0 Å². The number of aliphatic hydroxyl groups excluding tert-OH is 1. The SMILES string of the molecule is CC(CO)NC(=O)CN1C(=O)NC(C)(C)C1=O. The molecular formula is C10H17N3O4. The summed E-state index contributed by atoms with van der Waals surface area (Å²) in [4.78, 5) is 35.5. The normalized spacial score (nSPS) is 20.1. The third kappa shape index (κ3) is 2.94. The zero-order valence-electron chi connectivity index (χ0n) is 10.1. The molecule has 0 aromatic rings. The first-order chi connectivity index (χ1) is 7.77. The van der Waals surface area contributed by atoms with Crippen LogP contribution in [-0.2, 0) is 9.59 Å². The smallest absolute Gasteiger partial charge is 0.325 e. The second-order valence-corrected chi connectivity index (χ2v) is 4.60. The minimum atomic E-state index is -0.972. The van der Waals surface area contributed by atoms with Gasteiger partial charge in [0, 0.05) is 6.04 Å². The number of nitrogens with one attached hydrogen (secondary N) is 2. The fraction of sp³-hybridized carbons (Fsp3) is 0.700. The zero-order chi connectivity index (χ0) is 13.2. The Labute approximate surface area is 99.2 Å². The quantitative estimate of drug-likeness (QED) is 0.541. The van der Waals surface area contributed by atoms with Crippen LogP contribution in [0.15, 0.2) is 0 Å². The summed E-state index contributed by atoms with van der Waals surface area (Å²) in [5.74, 6) is -0.915. The number of carbonyl (C=O) groups excluding carboxylic acids is 3. The van der Waals surface area contributed by atoms with Gasteiger partial charge in [0.1, 0.15) is 12.1 Å². The van der Waals surface area contributed by atoms with Crippen molar-refractivity contribution in [3.05, 3.63) is 0 Å². The summed E-state index contributed by atoms with van der Waals surface area (Å²) < 4.78 is 0.